The van der Waals surface area contributed by atoms with Crippen LogP contribution >= 0.6 is 46.4 Å². The summed E-state index contributed by atoms with van der Waals surface area (Å²) in [6, 6.07) is 0. The number of rotatable bonds is 2. The molecule has 0 atom stereocenters. The van der Waals surface area contributed by atoms with E-state index in [1.807, 2.05) is 0 Å². The van der Waals surface area contributed by atoms with Gasteiger partial charge < -0.3 is 10.2 Å². The summed E-state index contributed by atoms with van der Waals surface area (Å²) < 4.78 is 31.6. The summed E-state index contributed by atoms with van der Waals surface area (Å²) in [7, 11) is -4.67. The number of aliphatic hydroxyl groups is 2. The first kappa shape index (κ1) is 19.2. The van der Waals surface area contributed by atoms with Gasteiger partial charge in [0.25, 0.3) is 0 Å². The van der Waals surface area contributed by atoms with E-state index in [-0.39, 0.29) is 44.4 Å². The van der Waals surface area contributed by atoms with E-state index in [1.165, 1.54) is 0 Å². The molecule has 0 radical (unpaired) electrons. The maximum atomic E-state index is 8.98. The van der Waals surface area contributed by atoms with Crippen molar-refractivity contribution in [2.45, 2.75) is 13.2 Å². The van der Waals surface area contributed by atoms with Crippen LogP contribution in [0, 0.1) is 0 Å². The highest BCUT2D eigenvalue weighted by atomic mass is 35.5. The van der Waals surface area contributed by atoms with E-state index < -0.39 is 10.4 Å². The van der Waals surface area contributed by atoms with Crippen LogP contribution in [0.2, 0.25) is 20.1 Å². The summed E-state index contributed by atoms with van der Waals surface area (Å²) in [6.45, 7) is -0.719. The normalized spacial score (nSPS) is 10.9. The Labute approximate surface area is 129 Å². The molecule has 0 aromatic heterocycles. The van der Waals surface area contributed by atoms with Crippen molar-refractivity contribution in [2.75, 3.05) is 0 Å². The molecule has 1 aromatic carbocycles. The molecule has 4 N–H and O–H groups in total. The van der Waals surface area contributed by atoms with Gasteiger partial charge in [-0.3, -0.25) is 9.11 Å². The molecule has 0 bridgehead atoms. The second kappa shape index (κ2) is 7.82. The molecular formula is C8H8Cl4O6S. The molecule has 19 heavy (non-hydrogen) atoms. The van der Waals surface area contributed by atoms with Crippen LogP contribution in [0.1, 0.15) is 11.1 Å². The molecule has 0 saturated carbocycles. The SMILES string of the molecule is O=S(=O)(O)O.OCc1c(Cl)c(Cl)c(Cl)c(CO)c1Cl. The fourth-order valence-corrected chi connectivity index (χ4v) is 2.19. The highest BCUT2D eigenvalue weighted by molar-refractivity contribution is 7.79. The quantitative estimate of drug-likeness (QED) is 0.360. The fraction of sp³-hybridized carbons (Fsp3) is 0.250. The van der Waals surface area contributed by atoms with Crippen LogP contribution in [0.5, 0.6) is 0 Å². The van der Waals surface area contributed by atoms with Crippen LogP contribution in [0.15, 0.2) is 0 Å². The molecule has 1 rings (SSSR count). The van der Waals surface area contributed by atoms with Crippen molar-refractivity contribution in [3.8, 4) is 0 Å². The van der Waals surface area contributed by atoms with Crippen LogP contribution in [0.25, 0.3) is 0 Å². The molecule has 6 nitrogen and oxygen atoms in total. The zero-order valence-corrected chi connectivity index (χ0v) is 12.8. The van der Waals surface area contributed by atoms with Gasteiger partial charge in [0.15, 0.2) is 0 Å². The lowest BCUT2D eigenvalue weighted by Gasteiger charge is -2.12. The summed E-state index contributed by atoms with van der Waals surface area (Å²) in [4.78, 5) is 0. The third-order valence-electron chi connectivity index (χ3n) is 1.76. The molecule has 1 aromatic rings. The van der Waals surface area contributed by atoms with Gasteiger partial charge in [0, 0.05) is 11.1 Å². The Morgan fingerprint density at radius 1 is 0.737 bits per heavy atom. The van der Waals surface area contributed by atoms with Crippen molar-refractivity contribution >= 4 is 56.8 Å². The molecule has 0 fully saturated rings. The summed E-state index contributed by atoms with van der Waals surface area (Å²) in [5.41, 5.74) is 0.540. The molecule has 0 amide bonds. The van der Waals surface area contributed by atoms with Crippen LogP contribution in [0.3, 0.4) is 0 Å². The number of benzene rings is 1. The lowest BCUT2D eigenvalue weighted by molar-refractivity contribution is 0.275. The van der Waals surface area contributed by atoms with E-state index in [0.717, 1.165) is 0 Å². The maximum Gasteiger partial charge on any atom is 0.394 e. The molecule has 0 unspecified atom stereocenters. The Morgan fingerprint density at radius 3 is 1.21 bits per heavy atom. The Kier molecular flexibility index (Phi) is 7.89. The fourth-order valence-electron chi connectivity index (χ4n) is 1.01. The van der Waals surface area contributed by atoms with Crippen LogP contribution < -0.4 is 0 Å². The molecule has 11 heteroatoms. The van der Waals surface area contributed by atoms with Gasteiger partial charge in [0.1, 0.15) is 0 Å². The largest absolute Gasteiger partial charge is 0.394 e. The van der Waals surface area contributed by atoms with Gasteiger partial charge in [0.05, 0.1) is 33.3 Å². The smallest absolute Gasteiger partial charge is 0.392 e. The minimum absolute atomic E-state index is 0.0887. The highest BCUT2D eigenvalue weighted by Gasteiger charge is 2.18. The topological polar surface area (TPSA) is 115 Å². The van der Waals surface area contributed by atoms with Gasteiger partial charge in [-0.15, -0.1) is 0 Å². The van der Waals surface area contributed by atoms with Crippen molar-refractivity contribution in [2.24, 2.45) is 0 Å². The molecule has 0 heterocycles. The van der Waals surface area contributed by atoms with Gasteiger partial charge in [-0.2, -0.15) is 8.42 Å². The number of halogens is 4. The van der Waals surface area contributed by atoms with Crippen molar-refractivity contribution in [1.29, 1.82) is 0 Å². The van der Waals surface area contributed by atoms with E-state index in [9.17, 15) is 0 Å². The Bertz CT molecular complexity index is 520. The van der Waals surface area contributed by atoms with Crippen molar-refractivity contribution < 1.29 is 27.7 Å². The predicted molar refractivity (Wildman–Crippen MR) is 72.5 cm³/mol. The number of hydrogen-bond acceptors (Lipinski definition) is 4. The average molecular weight is 374 g/mol. The second-order valence-electron chi connectivity index (χ2n) is 2.98. The van der Waals surface area contributed by atoms with Crippen molar-refractivity contribution in [3.05, 3.63) is 31.2 Å². The minimum Gasteiger partial charge on any atom is -0.392 e. The summed E-state index contributed by atoms with van der Waals surface area (Å²) in [6.07, 6.45) is 0. The Hall–Kier alpha value is 0.170. The van der Waals surface area contributed by atoms with Crippen LogP contribution in [0.4, 0.5) is 0 Å². The first-order valence-corrected chi connectivity index (χ1v) is 7.20. The van der Waals surface area contributed by atoms with Gasteiger partial charge in [-0.1, -0.05) is 46.4 Å². The molecule has 110 valence electrons. The lowest BCUT2D eigenvalue weighted by atomic mass is 10.1. The highest BCUT2D eigenvalue weighted by Crippen LogP contribution is 2.41. The zero-order valence-electron chi connectivity index (χ0n) is 8.94. The van der Waals surface area contributed by atoms with Gasteiger partial charge in [0.2, 0.25) is 0 Å². The van der Waals surface area contributed by atoms with E-state index in [4.69, 9.17) is 74.1 Å². The molecule has 0 aliphatic rings. The predicted octanol–water partition coefficient (Wildman–Crippen LogP) is 2.63. The molecule has 0 spiro atoms. The van der Waals surface area contributed by atoms with Crippen molar-refractivity contribution in [1.82, 2.24) is 0 Å². The standard InChI is InChI=1S/C8H6Cl4O2.H2O4S/c9-5-3(1-13)6(10)8(12)7(11)4(5)2-14;1-5(2,3)4/h13-14H,1-2H2;(H2,1,2,3,4). The minimum atomic E-state index is -4.67. The molecular weight excluding hydrogens is 366 g/mol. The van der Waals surface area contributed by atoms with Crippen LogP contribution in [-0.4, -0.2) is 27.7 Å². The van der Waals surface area contributed by atoms with Gasteiger partial charge in [-0.25, -0.2) is 0 Å². The average Bonchev–Trinajstić information content (AvgIpc) is 2.25. The van der Waals surface area contributed by atoms with E-state index >= 15 is 0 Å². The molecule has 0 aliphatic carbocycles. The second-order valence-corrected chi connectivity index (χ2v) is 5.38. The van der Waals surface area contributed by atoms with Gasteiger partial charge in [-0.05, 0) is 0 Å². The Morgan fingerprint density at radius 2 is 1.00 bits per heavy atom. The van der Waals surface area contributed by atoms with Crippen LogP contribution in [-0.2, 0) is 23.6 Å². The monoisotopic (exact) mass is 372 g/mol. The number of aliphatic hydroxyl groups excluding tert-OH is 2. The van der Waals surface area contributed by atoms with E-state index in [1.54, 1.807) is 0 Å². The van der Waals surface area contributed by atoms with Gasteiger partial charge >= 0.3 is 10.4 Å². The lowest BCUT2D eigenvalue weighted by Crippen LogP contribution is -1.96. The van der Waals surface area contributed by atoms with Crippen molar-refractivity contribution in [3.63, 3.8) is 0 Å². The summed E-state index contributed by atoms with van der Waals surface area (Å²) in [5, 5.41) is 18.4. The van der Waals surface area contributed by atoms with E-state index in [2.05, 4.69) is 0 Å². The Balaban J connectivity index is 0.000000555. The third-order valence-corrected chi connectivity index (χ3v) is 3.62. The summed E-state index contributed by atoms with van der Waals surface area (Å²) >= 11 is 23.2. The molecule has 0 saturated heterocycles. The van der Waals surface area contributed by atoms with E-state index in [0.29, 0.717) is 0 Å². The number of hydrogen-bond donors (Lipinski definition) is 4. The molecule has 0 aliphatic heterocycles. The third kappa shape index (κ3) is 5.99. The first-order valence-electron chi connectivity index (χ1n) is 4.29. The summed E-state index contributed by atoms with van der Waals surface area (Å²) in [5.74, 6) is 0. The first-order chi connectivity index (χ1) is 8.54. The maximum absolute atomic E-state index is 8.98. The zero-order chi connectivity index (χ0) is 15.4.